The van der Waals surface area contributed by atoms with Crippen LogP contribution >= 0.6 is 11.8 Å². The summed E-state index contributed by atoms with van der Waals surface area (Å²) in [6.07, 6.45) is 1.53. The summed E-state index contributed by atoms with van der Waals surface area (Å²) in [6.45, 7) is -0.199. The van der Waals surface area contributed by atoms with Crippen molar-refractivity contribution in [2.24, 2.45) is 0 Å². The number of carbonyl (C=O) groups is 3. The number of benzene rings is 3. The minimum absolute atomic E-state index is 0.0135. The predicted molar refractivity (Wildman–Crippen MR) is 144 cm³/mol. The zero-order valence-electron chi connectivity index (χ0n) is 20.9. The second-order valence-corrected chi connectivity index (χ2v) is 9.50. The molecule has 12 nitrogen and oxygen atoms in total. The topological polar surface area (TPSA) is 147 Å². The van der Waals surface area contributed by atoms with E-state index >= 15 is 0 Å². The molecule has 13 heteroatoms. The first-order chi connectivity index (χ1) is 19.3. The Morgan fingerprint density at radius 2 is 1.85 bits per heavy atom. The molecule has 0 aliphatic carbocycles. The van der Waals surface area contributed by atoms with Gasteiger partial charge < -0.3 is 24.3 Å². The van der Waals surface area contributed by atoms with Crippen LogP contribution in [0.15, 0.2) is 65.6 Å². The van der Waals surface area contributed by atoms with Crippen molar-refractivity contribution in [3.8, 4) is 23.0 Å². The van der Waals surface area contributed by atoms with Crippen molar-refractivity contribution in [1.82, 2.24) is 4.90 Å². The van der Waals surface area contributed by atoms with Gasteiger partial charge in [0.15, 0.2) is 23.0 Å². The van der Waals surface area contributed by atoms with Crippen molar-refractivity contribution in [2.45, 2.75) is 6.61 Å². The molecule has 1 fully saturated rings. The Hall–Kier alpha value is -5.04. The van der Waals surface area contributed by atoms with E-state index in [1.165, 1.54) is 25.3 Å². The number of hydrogen-bond donors (Lipinski definition) is 1. The third-order valence-electron chi connectivity index (χ3n) is 5.86. The molecule has 0 radical (unpaired) electrons. The number of thioether (sulfide) groups is 1. The van der Waals surface area contributed by atoms with Gasteiger partial charge in [-0.25, -0.2) is 0 Å². The summed E-state index contributed by atoms with van der Waals surface area (Å²) in [7, 11) is 1.46. The third kappa shape index (κ3) is 5.83. The summed E-state index contributed by atoms with van der Waals surface area (Å²) >= 11 is 0.732. The second-order valence-electron chi connectivity index (χ2n) is 8.51. The molecule has 40 heavy (non-hydrogen) atoms. The summed E-state index contributed by atoms with van der Waals surface area (Å²) < 4.78 is 21.7. The molecule has 1 N–H and O–H groups in total. The molecule has 5 rings (SSSR count). The highest BCUT2D eigenvalue weighted by atomic mass is 32.2. The van der Waals surface area contributed by atoms with Gasteiger partial charge in [-0.15, -0.1) is 0 Å². The van der Waals surface area contributed by atoms with Gasteiger partial charge in [0, 0.05) is 23.9 Å². The maximum atomic E-state index is 12.9. The first-order valence-electron chi connectivity index (χ1n) is 11.8. The molecule has 3 amide bonds. The Labute approximate surface area is 231 Å². The van der Waals surface area contributed by atoms with Crippen molar-refractivity contribution < 1.29 is 38.3 Å². The number of nitro benzene ring substituents is 1. The number of nitrogens with one attached hydrogen (secondary N) is 1. The van der Waals surface area contributed by atoms with Crippen LogP contribution in [0.5, 0.6) is 23.0 Å². The van der Waals surface area contributed by atoms with Crippen LogP contribution in [-0.2, 0) is 16.2 Å². The quantitative estimate of drug-likeness (QED) is 0.223. The standard InChI is InChI=1S/C27H21N3O9S/c1-36-22-10-17(4-8-20(22)37-14-16-2-6-19(7-3-16)30(34)35)11-24-26(32)29(27(33)40-24)13-25(31)28-18-5-9-21-23(12-18)39-15-38-21/h2-12H,13-15H2,1H3,(H,28,31)/b24-11+. The lowest BCUT2D eigenvalue weighted by Crippen LogP contribution is -2.36. The summed E-state index contributed by atoms with van der Waals surface area (Å²) in [5, 5.41) is 12.9. The lowest BCUT2D eigenvalue weighted by Gasteiger charge is -2.13. The van der Waals surface area contributed by atoms with Gasteiger partial charge in [0.05, 0.1) is 16.9 Å². The number of hydrogen-bond acceptors (Lipinski definition) is 10. The number of amides is 3. The number of anilines is 1. The lowest BCUT2D eigenvalue weighted by atomic mass is 10.1. The predicted octanol–water partition coefficient (Wildman–Crippen LogP) is 4.59. The fourth-order valence-corrected chi connectivity index (χ4v) is 4.71. The number of non-ortho nitro benzene ring substituents is 1. The van der Waals surface area contributed by atoms with Crippen LogP contribution in [0.3, 0.4) is 0 Å². The zero-order chi connectivity index (χ0) is 28.2. The van der Waals surface area contributed by atoms with Gasteiger partial charge in [-0.1, -0.05) is 6.07 Å². The molecule has 3 aromatic rings. The largest absolute Gasteiger partial charge is 0.493 e. The van der Waals surface area contributed by atoms with E-state index in [9.17, 15) is 24.5 Å². The Morgan fingerprint density at radius 1 is 1.07 bits per heavy atom. The van der Waals surface area contributed by atoms with E-state index in [2.05, 4.69) is 5.32 Å². The van der Waals surface area contributed by atoms with Crippen LogP contribution in [0, 0.1) is 10.1 Å². The van der Waals surface area contributed by atoms with Crippen LogP contribution in [-0.4, -0.2) is 47.3 Å². The van der Waals surface area contributed by atoms with Crippen molar-refractivity contribution in [3.63, 3.8) is 0 Å². The maximum absolute atomic E-state index is 12.9. The zero-order valence-corrected chi connectivity index (χ0v) is 21.8. The summed E-state index contributed by atoms with van der Waals surface area (Å²) in [5.41, 5.74) is 1.74. The number of ether oxygens (including phenoxy) is 4. The summed E-state index contributed by atoms with van der Waals surface area (Å²) in [6, 6.07) is 15.9. The fourth-order valence-electron chi connectivity index (χ4n) is 3.87. The van der Waals surface area contributed by atoms with Crippen molar-refractivity contribution >= 4 is 46.3 Å². The number of carbonyl (C=O) groups excluding carboxylic acids is 3. The molecule has 0 saturated carbocycles. The molecule has 204 valence electrons. The number of nitro groups is 1. The Morgan fingerprint density at radius 3 is 2.60 bits per heavy atom. The molecule has 0 bridgehead atoms. The highest BCUT2D eigenvalue weighted by molar-refractivity contribution is 8.18. The third-order valence-corrected chi connectivity index (χ3v) is 6.77. The first-order valence-corrected chi connectivity index (χ1v) is 12.6. The highest BCUT2D eigenvalue weighted by Crippen LogP contribution is 2.36. The van der Waals surface area contributed by atoms with Gasteiger partial charge >= 0.3 is 0 Å². The summed E-state index contributed by atoms with van der Waals surface area (Å²) in [4.78, 5) is 49.3. The van der Waals surface area contributed by atoms with Gasteiger partial charge in [-0.2, -0.15) is 0 Å². The van der Waals surface area contributed by atoms with Crippen LogP contribution in [0.25, 0.3) is 6.08 Å². The number of rotatable bonds is 9. The van der Waals surface area contributed by atoms with Gasteiger partial charge in [0.2, 0.25) is 12.7 Å². The molecule has 2 heterocycles. The lowest BCUT2D eigenvalue weighted by molar-refractivity contribution is -0.384. The van der Waals surface area contributed by atoms with Crippen LogP contribution in [0.1, 0.15) is 11.1 Å². The van der Waals surface area contributed by atoms with E-state index < -0.39 is 28.5 Å². The molecule has 0 aromatic heterocycles. The first kappa shape index (κ1) is 26.6. The van der Waals surface area contributed by atoms with E-state index in [1.54, 1.807) is 48.5 Å². The Balaban J connectivity index is 1.22. The number of fused-ring (bicyclic) bond motifs is 1. The van der Waals surface area contributed by atoms with Crippen LogP contribution in [0.4, 0.5) is 16.2 Å². The van der Waals surface area contributed by atoms with Gasteiger partial charge in [-0.05, 0) is 65.4 Å². The molecule has 2 aliphatic rings. The smallest absolute Gasteiger partial charge is 0.294 e. The molecular formula is C27H21N3O9S. The molecule has 2 aliphatic heterocycles. The van der Waals surface area contributed by atoms with E-state index in [-0.39, 0.29) is 24.0 Å². The van der Waals surface area contributed by atoms with Crippen LogP contribution < -0.4 is 24.3 Å². The second kappa shape index (κ2) is 11.4. The highest BCUT2D eigenvalue weighted by Gasteiger charge is 2.36. The van der Waals surface area contributed by atoms with E-state index in [1.807, 2.05) is 0 Å². The molecule has 0 spiro atoms. The molecule has 1 saturated heterocycles. The molecular weight excluding hydrogens is 542 g/mol. The average Bonchev–Trinajstić information content (AvgIpc) is 3.52. The van der Waals surface area contributed by atoms with E-state index in [0.717, 1.165) is 22.2 Å². The number of methoxy groups -OCH3 is 1. The van der Waals surface area contributed by atoms with Gasteiger partial charge in [-0.3, -0.25) is 29.4 Å². The monoisotopic (exact) mass is 563 g/mol. The Kier molecular flexibility index (Phi) is 7.55. The van der Waals surface area contributed by atoms with Gasteiger partial charge in [0.1, 0.15) is 13.2 Å². The number of imide groups is 1. The maximum Gasteiger partial charge on any atom is 0.294 e. The number of nitrogens with zero attached hydrogens (tertiary/aromatic N) is 2. The average molecular weight is 564 g/mol. The minimum atomic E-state index is -0.590. The minimum Gasteiger partial charge on any atom is -0.493 e. The molecule has 0 unspecified atom stereocenters. The van der Waals surface area contributed by atoms with E-state index in [0.29, 0.717) is 34.2 Å². The van der Waals surface area contributed by atoms with Gasteiger partial charge in [0.25, 0.3) is 16.8 Å². The normalized spacial score (nSPS) is 14.9. The fraction of sp³-hybridized carbons (Fsp3) is 0.148. The van der Waals surface area contributed by atoms with E-state index in [4.69, 9.17) is 18.9 Å². The SMILES string of the molecule is COc1cc(/C=C2/SC(=O)N(CC(=O)Nc3ccc4c(c3)OCO4)C2=O)ccc1OCc1ccc([N+](=O)[O-])cc1. The Bertz CT molecular complexity index is 1540. The van der Waals surface area contributed by atoms with Crippen LogP contribution in [0.2, 0.25) is 0 Å². The summed E-state index contributed by atoms with van der Waals surface area (Å²) in [5.74, 6) is 0.732. The molecule has 0 atom stereocenters. The molecule has 3 aromatic carbocycles. The van der Waals surface area contributed by atoms with Crippen molar-refractivity contribution in [2.75, 3.05) is 25.8 Å². The van der Waals surface area contributed by atoms with Crippen molar-refractivity contribution in [3.05, 3.63) is 86.8 Å². The van der Waals surface area contributed by atoms with Crippen molar-refractivity contribution in [1.29, 1.82) is 0 Å².